The fourth-order valence-electron chi connectivity index (χ4n) is 2.54. The highest BCUT2D eigenvalue weighted by molar-refractivity contribution is 5.85. The van der Waals surface area contributed by atoms with Gasteiger partial charge in [0.15, 0.2) is 11.6 Å². The van der Waals surface area contributed by atoms with Crippen LogP contribution in [-0.2, 0) is 11.4 Å². The summed E-state index contributed by atoms with van der Waals surface area (Å²) in [6.07, 6.45) is 2.31. The summed E-state index contributed by atoms with van der Waals surface area (Å²) in [5.41, 5.74) is 2.22. The molecule has 0 aliphatic rings. The van der Waals surface area contributed by atoms with E-state index in [1.54, 1.807) is 19.9 Å². The Kier molecular flexibility index (Phi) is 5.35. The third kappa shape index (κ3) is 4.23. The highest BCUT2D eigenvalue weighted by Crippen LogP contribution is 2.26. The van der Waals surface area contributed by atoms with Crippen molar-refractivity contribution in [2.75, 3.05) is 0 Å². The molecule has 0 fully saturated rings. The van der Waals surface area contributed by atoms with Crippen LogP contribution in [0, 0.1) is 19.7 Å². The van der Waals surface area contributed by atoms with Crippen molar-refractivity contribution in [3.63, 3.8) is 0 Å². The standard InChI is InChI=1S/C21H18FNO4/c1-13-15(9-11-19(24)25)8-10-18(20(13)22)26-12-17-14(2)27-21(23-17)16-6-4-3-5-7-16/h3-11H,12H2,1-2H3,(H,24,25). The lowest BCUT2D eigenvalue weighted by Gasteiger charge is -2.09. The van der Waals surface area contributed by atoms with Gasteiger partial charge in [0, 0.05) is 11.6 Å². The lowest BCUT2D eigenvalue weighted by atomic mass is 10.1. The molecule has 0 atom stereocenters. The molecule has 2 aromatic carbocycles. The minimum absolute atomic E-state index is 0.0584. The van der Waals surface area contributed by atoms with Gasteiger partial charge >= 0.3 is 5.97 Å². The van der Waals surface area contributed by atoms with Crippen LogP contribution in [0.2, 0.25) is 0 Å². The van der Waals surface area contributed by atoms with Gasteiger partial charge in [-0.2, -0.15) is 0 Å². The van der Waals surface area contributed by atoms with E-state index in [1.165, 1.54) is 12.1 Å². The SMILES string of the molecule is Cc1oc(-c2ccccc2)nc1COc1ccc(C=CC(=O)O)c(C)c1F. The van der Waals surface area contributed by atoms with E-state index in [0.717, 1.165) is 11.6 Å². The number of aromatic nitrogens is 1. The van der Waals surface area contributed by atoms with Gasteiger partial charge in [-0.3, -0.25) is 0 Å². The van der Waals surface area contributed by atoms with E-state index in [0.29, 0.717) is 28.5 Å². The number of carboxylic acid groups (broad SMARTS) is 1. The van der Waals surface area contributed by atoms with Gasteiger partial charge in [-0.1, -0.05) is 24.3 Å². The zero-order chi connectivity index (χ0) is 19.4. The number of rotatable bonds is 6. The Bertz CT molecular complexity index is 993. The number of ether oxygens (including phenoxy) is 1. The zero-order valence-corrected chi connectivity index (χ0v) is 14.9. The average Bonchev–Trinajstić information content (AvgIpc) is 3.03. The van der Waals surface area contributed by atoms with Crippen LogP contribution >= 0.6 is 0 Å². The Morgan fingerprint density at radius 2 is 1.96 bits per heavy atom. The molecule has 6 heteroatoms. The number of hydrogen-bond acceptors (Lipinski definition) is 4. The molecule has 1 N–H and O–H groups in total. The number of hydrogen-bond donors (Lipinski definition) is 1. The molecule has 0 amide bonds. The van der Waals surface area contributed by atoms with E-state index in [2.05, 4.69) is 4.98 Å². The summed E-state index contributed by atoms with van der Waals surface area (Å²) in [7, 11) is 0. The van der Waals surface area contributed by atoms with Crippen molar-refractivity contribution in [1.29, 1.82) is 0 Å². The van der Waals surface area contributed by atoms with E-state index >= 15 is 0 Å². The molecular weight excluding hydrogens is 349 g/mol. The first-order valence-corrected chi connectivity index (χ1v) is 8.30. The maximum atomic E-state index is 14.5. The van der Waals surface area contributed by atoms with Gasteiger partial charge in [-0.25, -0.2) is 14.2 Å². The van der Waals surface area contributed by atoms with Crippen molar-refractivity contribution in [3.05, 3.63) is 76.9 Å². The highest BCUT2D eigenvalue weighted by atomic mass is 19.1. The summed E-state index contributed by atoms with van der Waals surface area (Å²) in [6.45, 7) is 3.40. The van der Waals surface area contributed by atoms with Crippen LogP contribution in [0.5, 0.6) is 5.75 Å². The van der Waals surface area contributed by atoms with Crippen LogP contribution in [0.4, 0.5) is 4.39 Å². The summed E-state index contributed by atoms with van der Waals surface area (Å²) < 4.78 is 25.8. The van der Waals surface area contributed by atoms with E-state index in [4.69, 9.17) is 14.3 Å². The van der Waals surface area contributed by atoms with Gasteiger partial charge in [-0.15, -0.1) is 0 Å². The highest BCUT2D eigenvalue weighted by Gasteiger charge is 2.14. The van der Waals surface area contributed by atoms with Crippen molar-refractivity contribution in [1.82, 2.24) is 4.98 Å². The number of carbonyl (C=O) groups is 1. The van der Waals surface area contributed by atoms with Gasteiger partial charge in [0.05, 0.1) is 0 Å². The summed E-state index contributed by atoms with van der Waals surface area (Å²) >= 11 is 0. The number of oxazole rings is 1. The van der Waals surface area contributed by atoms with E-state index in [9.17, 15) is 9.18 Å². The Balaban J connectivity index is 1.77. The van der Waals surface area contributed by atoms with Crippen molar-refractivity contribution < 1.29 is 23.4 Å². The largest absolute Gasteiger partial charge is 0.484 e. The molecule has 5 nitrogen and oxygen atoms in total. The second kappa shape index (κ2) is 7.86. The molecule has 1 heterocycles. The van der Waals surface area contributed by atoms with E-state index in [-0.39, 0.29) is 12.4 Å². The predicted octanol–water partition coefficient (Wildman–Crippen LogP) is 4.77. The lowest BCUT2D eigenvalue weighted by Crippen LogP contribution is -2.01. The maximum Gasteiger partial charge on any atom is 0.328 e. The van der Waals surface area contributed by atoms with E-state index in [1.807, 2.05) is 30.3 Å². The first kappa shape index (κ1) is 18.4. The molecule has 0 aliphatic carbocycles. The number of halogens is 1. The molecule has 3 aromatic rings. The van der Waals surface area contributed by atoms with Crippen LogP contribution in [0.15, 0.2) is 53.0 Å². The molecule has 1 aromatic heterocycles. The molecule has 0 aliphatic heterocycles. The molecule has 3 rings (SSSR count). The van der Waals surface area contributed by atoms with Crippen LogP contribution in [0.25, 0.3) is 17.5 Å². The van der Waals surface area contributed by atoms with Gasteiger partial charge in [-0.05, 0) is 49.2 Å². The first-order valence-electron chi connectivity index (χ1n) is 8.30. The number of nitrogens with zero attached hydrogens (tertiary/aromatic N) is 1. The summed E-state index contributed by atoms with van der Waals surface area (Å²) in [5.74, 6) is -0.467. The van der Waals surface area contributed by atoms with Gasteiger partial charge in [0.1, 0.15) is 18.1 Å². The molecule has 138 valence electrons. The molecule has 0 spiro atoms. The smallest absolute Gasteiger partial charge is 0.328 e. The van der Waals surface area contributed by atoms with Crippen molar-refractivity contribution in [2.24, 2.45) is 0 Å². The second-order valence-electron chi connectivity index (χ2n) is 5.94. The summed E-state index contributed by atoms with van der Waals surface area (Å²) in [5, 5.41) is 8.69. The minimum atomic E-state index is -1.09. The first-order chi connectivity index (χ1) is 13.0. The maximum absolute atomic E-state index is 14.5. The molecule has 27 heavy (non-hydrogen) atoms. The Morgan fingerprint density at radius 1 is 1.22 bits per heavy atom. The Hall–Kier alpha value is -3.41. The predicted molar refractivity (Wildman–Crippen MR) is 98.8 cm³/mol. The molecule has 0 saturated heterocycles. The number of aryl methyl sites for hydroxylation is 1. The second-order valence-corrected chi connectivity index (χ2v) is 5.94. The fourth-order valence-corrected chi connectivity index (χ4v) is 2.54. The molecule has 0 radical (unpaired) electrons. The third-order valence-electron chi connectivity index (χ3n) is 4.08. The van der Waals surface area contributed by atoms with Crippen molar-refractivity contribution in [2.45, 2.75) is 20.5 Å². The summed E-state index contributed by atoms with van der Waals surface area (Å²) in [4.78, 5) is 15.0. The minimum Gasteiger partial charge on any atom is -0.484 e. The van der Waals surface area contributed by atoms with Crippen LogP contribution in [0.1, 0.15) is 22.6 Å². The van der Waals surface area contributed by atoms with Crippen molar-refractivity contribution >= 4 is 12.0 Å². The Morgan fingerprint density at radius 3 is 2.67 bits per heavy atom. The van der Waals surface area contributed by atoms with Crippen LogP contribution in [-0.4, -0.2) is 16.1 Å². The molecule has 0 saturated carbocycles. The van der Waals surface area contributed by atoms with Gasteiger partial charge in [0.2, 0.25) is 5.89 Å². The van der Waals surface area contributed by atoms with Crippen LogP contribution < -0.4 is 4.74 Å². The van der Waals surface area contributed by atoms with Crippen molar-refractivity contribution in [3.8, 4) is 17.2 Å². The zero-order valence-electron chi connectivity index (χ0n) is 14.9. The summed E-state index contributed by atoms with van der Waals surface area (Å²) in [6, 6.07) is 12.6. The molecule has 0 unspecified atom stereocenters. The fraction of sp³-hybridized carbons (Fsp3) is 0.143. The Labute approximate surface area is 155 Å². The average molecular weight is 367 g/mol. The molecular formula is C21H18FNO4. The van der Waals surface area contributed by atoms with Gasteiger partial charge < -0.3 is 14.3 Å². The lowest BCUT2D eigenvalue weighted by molar-refractivity contribution is -0.131. The topological polar surface area (TPSA) is 72.6 Å². The third-order valence-corrected chi connectivity index (χ3v) is 4.08. The normalized spacial score (nSPS) is 11.1. The van der Waals surface area contributed by atoms with Crippen LogP contribution in [0.3, 0.4) is 0 Å². The number of benzene rings is 2. The monoisotopic (exact) mass is 367 g/mol. The van der Waals surface area contributed by atoms with E-state index < -0.39 is 11.8 Å². The number of aliphatic carboxylic acids is 1. The number of carboxylic acids is 1. The molecule has 0 bridgehead atoms. The quantitative estimate of drug-likeness (QED) is 0.635. The van der Waals surface area contributed by atoms with Gasteiger partial charge in [0.25, 0.3) is 0 Å².